The second kappa shape index (κ2) is 13.9. The molecule has 1 nitrogen and oxygen atoms in total. The molecule has 1 heterocycles. The van der Waals surface area contributed by atoms with Gasteiger partial charge < -0.3 is 4.57 Å². The van der Waals surface area contributed by atoms with E-state index in [1.807, 2.05) is 0 Å². The van der Waals surface area contributed by atoms with Gasteiger partial charge in [0.05, 0.1) is 11.0 Å². The van der Waals surface area contributed by atoms with E-state index in [2.05, 4.69) is 240 Å². The topological polar surface area (TPSA) is 4.93 Å². The van der Waals surface area contributed by atoms with Gasteiger partial charge >= 0.3 is 0 Å². The van der Waals surface area contributed by atoms with Crippen LogP contribution < -0.4 is 15.6 Å². The number of para-hydroxylation sites is 2. The molecule has 0 bridgehead atoms. The second-order valence-electron chi connectivity index (χ2n) is 15.1. The first-order valence-electron chi connectivity index (χ1n) is 19.9. The van der Waals surface area contributed by atoms with Crippen LogP contribution in [-0.2, 0) is 0 Å². The fourth-order valence-corrected chi connectivity index (χ4v) is 13.1. The van der Waals surface area contributed by atoms with E-state index in [-0.39, 0.29) is 0 Å². The zero-order valence-corrected chi connectivity index (χ0v) is 32.8. The van der Waals surface area contributed by atoms with Gasteiger partial charge in [-0.15, -0.1) is 5.54 Å². The summed E-state index contributed by atoms with van der Waals surface area (Å²) < 4.78 is 2.39. The molecular weight excluding hydrogens is 715 g/mol. The molecule has 0 saturated heterocycles. The Balaban J connectivity index is 1.22. The highest BCUT2D eigenvalue weighted by Gasteiger charge is 2.39. The van der Waals surface area contributed by atoms with Crippen molar-refractivity contribution in [1.29, 1.82) is 0 Å². The van der Waals surface area contributed by atoms with E-state index in [1.54, 1.807) is 0 Å². The number of aromatic nitrogens is 1. The molecule has 270 valence electrons. The summed E-state index contributed by atoms with van der Waals surface area (Å²) in [7, 11) is -3.03. The Kier molecular flexibility index (Phi) is 8.14. The molecule has 0 unspecified atom stereocenters. The van der Waals surface area contributed by atoms with Crippen molar-refractivity contribution in [3.63, 3.8) is 0 Å². The normalized spacial score (nSPS) is 11.7. The summed E-state index contributed by atoms with van der Waals surface area (Å²) in [6.45, 7) is 0. The minimum atomic E-state index is -3.03. The van der Waals surface area contributed by atoms with Gasteiger partial charge in [0.25, 0.3) is 0 Å². The van der Waals surface area contributed by atoms with Gasteiger partial charge in [-0.3, -0.25) is 0 Å². The third-order valence-corrected chi connectivity index (χ3v) is 16.0. The fraction of sp³-hybridized carbons (Fsp3) is 0. The molecule has 0 spiro atoms. The van der Waals surface area contributed by atoms with Gasteiger partial charge in [0, 0.05) is 22.0 Å². The third kappa shape index (κ3) is 5.40. The molecule has 0 N–H and O–H groups in total. The lowest BCUT2D eigenvalue weighted by molar-refractivity contribution is 1.18. The van der Waals surface area contributed by atoms with E-state index in [1.165, 1.54) is 80.8 Å². The van der Waals surface area contributed by atoms with Crippen molar-refractivity contribution in [3.05, 3.63) is 230 Å². The Labute approximate surface area is 339 Å². The van der Waals surface area contributed by atoms with Crippen LogP contribution in [0.1, 0.15) is 5.56 Å². The summed E-state index contributed by atoms with van der Waals surface area (Å²) in [5, 5.41) is 13.5. The fourth-order valence-electron chi connectivity index (χ4n) is 9.23. The standard InChI is InChI=1S/C56H37NSi/c1-4-20-43(21-5-1)57-54-31-17-16-28-50(54)53-39-46(34-35-55(53)57)58(44-22-6-2-7-23-44,45-24-8-3-9-25-45)37-36-49-47-26-12-14-29-51(47)56(52-30-15-13-27-48(49)52)42-33-32-40-18-10-11-19-41(40)38-42/h1-35,38-39H. The molecule has 0 saturated carbocycles. The van der Waals surface area contributed by atoms with E-state index in [4.69, 9.17) is 0 Å². The van der Waals surface area contributed by atoms with Crippen LogP contribution >= 0.6 is 0 Å². The molecule has 2 heteroatoms. The van der Waals surface area contributed by atoms with Gasteiger partial charge in [0.1, 0.15) is 0 Å². The zero-order chi connectivity index (χ0) is 38.5. The predicted molar refractivity (Wildman–Crippen MR) is 250 cm³/mol. The third-order valence-electron chi connectivity index (χ3n) is 11.9. The number of hydrogen-bond acceptors (Lipinski definition) is 0. The summed E-state index contributed by atoms with van der Waals surface area (Å²) >= 11 is 0. The maximum absolute atomic E-state index is 4.20. The van der Waals surface area contributed by atoms with Crippen LogP contribution in [0.5, 0.6) is 0 Å². The molecule has 0 aliphatic heterocycles. The first-order valence-corrected chi connectivity index (χ1v) is 21.9. The Morgan fingerprint density at radius 1 is 0.345 bits per heavy atom. The average Bonchev–Trinajstić information content (AvgIpc) is 3.63. The van der Waals surface area contributed by atoms with Gasteiger partial charge in [-0.1, -0.05) is 200 Å². The molecule has 11 rings (SSSR count). The number of hydrogen-bond donors (Lipinski definition) is 0. The first-order chi connectivity index (χ1) is 28.8. The summed E-state index contributed by atoms with van der Waals surface area (Å²) in [5.41, 5.74) is 11.3. The Bertz CT molecular complexity index is 3290. The number of fused-ring (bicyclic) bond motifs is 6. The molecular formula is C56H37NSi. The highest BCUT2D eigenvalue weighted by atomic mass is 28.3. The molecule has 58 heavy (non-hydrogen) atoms. The van der Waals surface area contributed by atoms with Crippen molar-refractivity contribution in [2.24, 2.45) is 0 Å². The van der Waals surface area contributed by atoms with Gasteiger partial charge in [-0.25, -0.2) is 0 Å². The predicted octanol–water partition coefficient (Wildman–Crippen LogP) is 12.0. The smallest absolute Gasteiger partial charge is 0.230 e. The van der Waals surface area contributed by atoms with Gasteiger partial charge in [0.2, 0.25) is 8.07 Å². The minimum absolute atomic E-state index is 1.07. The van der Waals surface area contributed by atoms with Crippen LogP contribution in [0.3, 0.4) is 0 Å². The monoisotopic (exact) mass is 751 g/mol. The van der Waals surface area contributed by atoms with Crippen LogP contribution in [0, 0.1) is 11.5 Å². The maximum atomic E-state index is 4.20. The first kappa shape index (κ1) is 33.9. The highest BCUT2D eigenvalue weighted by Crippen LogP contribution is 2.40. The van der Waals surface area contributed by atoms with E-state index >= 15 is 0 Å². The molecule has 11 aromatic rings. The van der Waals surface area contributed by atoms with Crippen LogP contribution in [-0.4, -0.2) is 12.6 Å². The van der Waals surface area contributed by atoms with E-state index < -0.39 is 8.07 Å². The second-order valence-corrected chi connectivity index (χ2v) is 18.5. The largest absolute Gasteiger partial charge is 0.309 e. The van der Waals surface area contributed by atoms with Gasteiger partial charge in [-0.2, -0.15) is 0 Å². The van der Waals surface area contributed by atoms with Gasteiger partial charge in [-0.05, 0) is 89.3 Å². The lowest BCUT2D eigenvalue weighted by Crippen LogP contribution is -2.66. The number of benzene rings is 10. The van der Waals surface area contributed by atoms with Crippen molar-refractivity contribution < 1.29 is 0 Å². The summed E-state index contributed by atoms with van der Waals surface area (Å²) in [5.74, 6) is 4.00. The number of nitrogens with zero attached hydrogens (tertiary/aromatic N) is 1. The van der Waals surface area contributed by atoms with E-state index in [9.17, 15) is 0 Å². The minimum Gasteiger partial charge on any atom is -0.309 e. The SMILES string of the molecule is C(#C[Si](c1ccccc1)(c1ccccc1)c1ccc2c(c1)c1ccccc1n2-c1ccccc1)c1c2ccccc2c(-c2ccc3ccccc3c2)c2ccccc12. The Morgan fingerprint density at radius 3 is 1.52 bits per heavy atom. The molecule has 1 aromatic heterocycles. The molecule has 0 aliphatic rings. The summed E-state index contributed by atoms with van der Waals surface area (Å²) in [6, 6.07) is 81.9. The van der Waals surface area contributed by atoms with E-state index in [0.29, 0.717) is 0 Å². The Morgan fingerprint density at radius 2 is 0.862 bits per heavy atom. The lowest BCUT2D eigenvalue weighted by atomic mass is 9.88. The lowest BCUT2D eigenvalue weighted by Gasteiger charge is -2.28. The van der Waals surface area contributed by atoms with Gasteiger partial charge in [0.15, 0.2) is 0 Å². The zero-order valence-electron chi connectivity index (χ0n) is 31.8. The molecule has 0 amide bonds. The summed E-state index contributed by atoms with van der Waals surface area (Å²) in [4.78, 5) is 0. The van der Waals surface area contributed by atoms with Crippen LogP contribution in [0.4, 0.5) is 0 Å². The van der Waals surface area contributed by atoms with E-state index in [0.717, 1.165) is 11.3 Å². The Hall–Kier alpha value is -7.44. The van der Waals surface area contributed by atoms with Crippen molar-refractivity contribution >= 4 is 77.8 Å². The molecule has 0 radical (unpaired) electrons. The average molecular weight is 752 g/mol. The van der Waals surface area contributed by atoms with Crippen LogP contribution in [0.25, 0.3) is 70.9 Å². The van der Waals surface area contributed by atoms with Crippen molar-refractivity contribution in [1.82, 2.24) is 4.57 Å². The number of rotatable bonds is 5. The maximum Gasteiger partial charge on any atom is 0.230 e. The quantitative estimate of drug-likeness (QED) is 0.0714. The van der Waals surface area contributed by atoms with Crippen molar-refractivity contribution in [2.75, 3.05) is 0 Å². The highest BCUT2D eigenvalue weighted by molar-refractivity contribution is 7.17. The van der Waals surface area contributed by atoms with Crippen molar-refractivity contribution in [3.8, 4) is 28.3 Å². The summed E-state index contributed by atoms with van der Waals surface area (Å²) in [6.07, 6.45) is 0. The molecule has 0 atom stereocenters. The van der Waals surface area contributed by atoms with Crippen LogP contribution in [0.2, 0.25) is 0 Å². The molecule has 0 aliphatic carbocycles. The van der Waals surface area contributed by atoms with Crippen molar-refractivity contribution in [2.45, 2.75) is 0 Å². The van der Waals surface area contributed by atoms with Crippen LogP contribution in [0.15, 0.2) is 224 Å². The molecule has 10 aromatic carbocycles. The molecule has 0 fully saturated rings.